The van der Waals surface area contributed by atoms with E-state index in [0.717, 1.165) is 10.6 Å². The van der Waals surface area contributed by atoms with Gasteiger partial charge in [0.15, 0.2) is 6.10 Å². The van der Waals surface area contributed by atoms with Crippen LogP contribution >= 0.6 is 0 Å². The van der Waals surface area contributed by atoms with E-state index in [-0.39, 0.29) is 17.9 Å². The number of likely N-dealkylation sites (tertiary alicyclic amines) is 1. The predicted molar refractivity (Wildman–Crippen MR) is 62.1 cm³/mol. The number of likely N-dealkylation sites (N-methyl/N-ethyl adjacent to an activating group) is 1. The molecular formula is C12H15N3O3. The molecule has 0 unspecified atom stereocenters. The van der Waals surface area contributed by atoms with Gasteiger partial charge in [-0.25, -0.2) is 0 Å². The summed E-state index contributed by atoms with van der Waals surface area (Å²) < 4.78 is 1.95. The molecule has 3 rings (SSSR count). The monoisotopic (exact) mass is 249 g/mol. The minimum Gasteiger partial charge on any atom is -0.353 e. The molecule has 0 aliphatic carbocycles. The van der Waals surface area contributed by atoms with Gasteiger partial charge in [-0.2, -0.15) is 5.06 Å². The van der Waals surface area contributed by atoms with Crippen LogP contribution in [0.25, 0.3) is 0 Å². The van der Waals surface area contributed by atoms with E-state index < -0.39 is 12.0 Å². The Morgan fingerprint density at radius 2 is 1.89 bits per heavy atom. The lowest BCUT2D eigenvalue weighted by Gasteiger charge is -2.22. The number of hydrogen-bond acceptors (Lipinski definition) is 4. The van der Waals surface area contributed by atoms with Crippen molar-refractivity contribution in [2.45, 2.75) is 12.1 Å². The second kappa shape index (κ2) is 3.66. The van der Waals surface area contributed by atoms with Crippen molar-refractivity contribution in [1.29, 1.82) is 0 Å². The molecular weight excluding hydrogens is 234 g/mol. The highest BCUT2D eigenvalue weighted by Gasteiger charge is 2.58. The number of hydroxylamine groups is 2. The first kappa shape index (κ1) is 11.4. The standard InChI is InChI=1S/C12H15N3O3/c1-13-6-4-5-7(13)9-8-10(18-15(9)3)12(17)14(2)11(8)16/h4-6,8-10H,1-3H3/t8-,9+,10+/m1/s1. The lowest BCUT2D eigenvalue weighted by atomic mass is 9.94. The fraction of sp³-hybridized carbons (Fsp3) is 0.500. The lowest BCUT2D eigenvalue weighted by molar-refractivity contribution is -0.169. The molecule has 2 aliphatic heterocycles. The first-order valence-electron chi connectivity index (χ1n) is 5.84. The van der Waals surface area contributed by atoms with Crippen LogP contribution in [0, 0.1) is 5.92 Å². The molecule has 0 N–H and O–H groups in total. The number of aryl methyl sites for hydroxylation is 1. The highest BCUT2D eigenvalue weighted by molar-refractivity contribution is 6.07. The average molecular weight is 249 g/mol. The zero-order valence-corrected chi connectivity index (χ0v) is 10.5. The van der Waals surface area contributed by atoms with Crippen molar-refractivity contribution < 1.29 is 14.4 Å². The highest BCUT2D eigenvalue weighted by atomic mass is 16.7. The van der Waals surface area contributed by atoms with Gasteiger partial charge in [-0.3, -0.25) is 19.3 Å². The molecule has 96 valence electrons. The summed E-state index contributed by atoms with van der Waals surface area (Å²) in [4.78, 5) is 30.7. The van der Waals surface area contributed by atoms with E-state index in [9.17, 15) is 9.59 Å². The highest BCUT2D eigenvalue weighted by Crippen LogP contribution is 2.42. The number of hydrogen-bond donors (Lipinski definition) is 0. The summed E-state index contributed by atoms with van der Waals surface area (Å²) in [7, 11) is 5.19. The van der Waals surface area contributed by atoms with E-state index in [4.69, 9.17) is 4.84 Å². The first-order valence-corrected chi connectivity index (χ1v) is 5.84. The molecule has 0 aromatic carbocycles. The van der Waals surface area contributed by atoms with Gasteiger partial charge in [0, 0.05) is 33.0 Å². The summed E-state index contributed by atoms with van der Waals surface area (Å²) >= 11 is 0. The van der Waals surface area contributed by atoms with E-state index in [1.54, 1.807) is 12.1 Å². The van der Waals surface area contributed by atoms with Gasteiger partial charge >= 0.3 is 0 Å². The molecule has 6 nitrogen and oxygen atoms in total. The van der Waals surface area contributed by atoms with Crippen LogP contribution in [-0.4, -0.2) is 46.5 Å². The van der Waals surface area contributed by atoms with Crippen molar-refractivity contribution in [3.8, 4) is 0 Å². The maximum Gasteiger partial charge on any atom is 0.261 e. The Balaban J connectivity index is 2.04. The molecule has 0 spiro atoms. The Bertz CT molecular complexity index is 524. The third-order valence-electron chi connectivity index (χ3n) is 3.81. The Morgan fingerprint density at radius 1 is 1.17 bits per heavy atom. The second-order valence-electron chi connectivity index (χ2n) is 4.82. The average Bonchev–Trinajstić information content (AvgIpc) is 2.94. The molecule has 3 atom stereocenters. The van der Waals surface area contributed by atoms with Crippen molar-refractivity contribution >= 4 is 11.8 Å². The zero-order chi connectivity index (χ0) is 13.0. The number of amides is 2. The van der Waals surface area contributed by atoms with Crippen LogP contribution in [0.15, 0.2) is 18.3 Å². The predicted octanol–water partition coefficient (Wildman–Crippen LogP) is -0.0734. The van der Waals surface area contributed by atoms with E-state index in [2.05, 4.69) is 0 Å². The van der Waals surface area contributed by atoms with Gasteiger partial charge < -0.3 is 4.57 Å². The third-order valence-corrected chi connectivity index (χ3v) is 3.81. The van der Waals surface area contributed by atoms with Crippen molar-refractivity contribution in [2.75, 3.05) is 14.1 Å². The molecule has 2 amide bonds. The fourth-order valence-electron chi connectivity index (χ4n) is 2.84. The topological polar surface area (TPSA) is 54.8 Å². The Kier molecular flexibility index (Phi) is 2.33. The third kappa shape index (κ3) is 1.30. The molecule has 3 heterocycles. The summed E-state index contributed by atoms with van der Waals surface area (Å²) in [6, 6.07) is 3.65. The molecule has 0 saturated carbocycles. The minimum atomic E-state index is -0.674. The number of carbonyl (C=O) groups excluding carboxylic acids is 2. The van der Waals surface area contributed by atoms with Crippen LogP contribution in [0.2, 0.25) is 0 Å². The smallest absolute Gasteiger partial charge is 0.261 e. The van der Waals surface area contributed by atoms with Crippen molar-refractivity contribution in [3.63, 3.8) is 0 Å². The van der Waals surface area contributed by atoms with E-state index in [0.29, 0.717) is 0 Å². The summed E-state index contributed by atoms with van der Waals surface area (Å²) in [5.74, 6) is -0.866. The van der Waals surface area contributed by atoms with E-state index in [1.165, 1.54) is 7.05 Å². The normalized spacial score (nSPS) is 32.4. The quantitative estimate of drug-likeness (QED) is 0.654. The maximum absolute atomic E-state index is 12.1. The van der Waals surface area contributed by atoms with Gasteiger partial charge in [-0.1, -0.05) is 0 Å². The van der Waals surface area contributed by atoms with E-state index in [1.807, 2.05) is 29.9 Å². The molecule has 0 radical (unpaired) electrons. The van der Waals surface area contributed by atoms with Crippen LogP contribution in [0.1, 0.15) is 11.7 Å². The molecule has 2 fully saturated rings. The van der Waals surface area contributed by atoms with Gasteiger partial charge in [0.05, 0.1) is 12.0 Å². The van der Waals surface area contributed by atoms with Gasteiger partial charge in [-0.05, 0) is 12.1 Å². The Morgan fingerprint density at radius 3 is 2.50 bits per heavy atom. The van der Waals surface area contributed by atoms with Gasteiger partial charge in [-0.15, -0.1) is 0 Å². The summed E-state index contributed by atoms with van der Waals surface area (Å²) in [6.07, 6.45) is 1.24. The molecule has 2 aliphatic rings. The van der Waals surface area contributed by atoms with Gasteiger partial charge in [0.2, 0.25) is 5.91 Å². The zero-order valence-electron chi connectivity index (χ0n) is 10.5. The van der Waals surface area contributed by atoms with Gasteiger partial charge in [0.25, 0.3) is 5.91 Å². The van der Waals surface area contributed by atoms with Crippen LogP contribution < -0.4 is 0 Å². The molecule has 18 heavy (non-hydrogen) atoms. The Hall–Kier alpha value is -1.66. The van der Waals surface area contributed by atoms with Crippen LogP contribution in [-0.2, 0) is 21.5 Å². The van der Waals surface area contributed by atoms with Crippen molar-refractivity contribution in [3.05, 3.63) is 24.0 Å². The SMILES string of the molecule is CN1C(=O)[C@H]2[C@H](ON(C)[C@H]2c2cccn2C)C1=O. The summed E-state index contributed by atoms with van der Waals surface area (Å²) in [5.41, 5.74) is 0.974. The van der Waals surface area contributed by atoms with E-state index >= 15 is 0 Å². The van der Waals surface area contributed by atoms with Crippen LogP contribution in [0.4, 0.5) is 0 Å². The fourth-order valence-corrected chi connectivity index (χ4v) is 2.84. The summed E-state index contributed by atoms with van der Waals surface area (Å²) in [5, 5.41) is 1.62. The van der Waals surface area contributed by atoms with Crippen molar-refractivity contribution in [1.82, 2.24) is 14.5 Å². The number of imide groups is 1. The van der Waals surface area contributed by atoms with Crippen LogP contribution in [0.5, 0.6) is 0 Å². The molecule has 6 heteroatoms. The maximum atomic E-state index is 12.1. The first-order chi connectivity index (χ1) is 8.52. The number of carbonyl (C=O) groups is 2. The largest absolute Gasteiger partial charge is 0.353 e. The minimum absolute atomic E-state index is 0.166. The number of aromatic nitrogens is 1. The second-order valence-corrected chi connectivity index (χ2v) is 4.82. The lowest BCUT2D eigenvalue weighted by Crippen LogP contribution is -2.33. The van der Waals surface area contributed by atoms with Gasteiger partial charge in [0.1, 0.15) is 0 Å². The molecule has 0 bridgehead atoms. The van der Waals surface area contributed by atoms with Crippen LogP contribution in [0.3, 0.4) is 0 Å². The molecule has 1 aromatic heterocycles. The summed E-state index contributed by atoms with van der Waals surface area (Å²) in [6.45, 7) is 0. The van der Waals surface area contributed by atoms with Crippen molar-refractivity contribution in [2.24, 2.45) is 13.0 Å². The number of nitrogens with zero attached hydrogens (tertiary/aromatic N) is 3. The number of fused-ring (bicyclic) bond motifs is 1. The molecule has 1 aromatic rings. The molecule has 2 saturated heterocycles. The Labute approximate surface area is 105 Å². The number of rotatable bonds is 1.